The van der Waals surface area contributed by atoms with Gasteiger partial charge >= 0.3 is 0 Å². The zero-order valence-corrected chi connectivity index (χ0v) is 23.1. The predicted octanol–water partition coefficient (Wildman–Crippen LogP) is 10.9. The van der Waals surface area contributed by atoms with Gasteiger partial charge in [-0.3, -0.25) is 0 Å². The van der Waals surface area contributed by atoms with Crippen molar-refractivity contribution in [3.63, 3.8) is 0 Å². The van der Waals surface area contributed by atoms with Gasteiger partial charge in [0.1, 0.15) is 0 Å². The van der Waals surface area contributed by atoms with Crippen LogP contribution in [0.3, 0.4) is 0 Å². The second-order valence-electron chi connectivity index (χ2n) is 11.2. The van der Waals surface area contributed by atoms with Gasteiger partial charge in [0.15, 0.2) is 0 Å². The summed E-state index contributed by atoms with van der Waals surface area (Å²) in [5.41, 5.74) is 15.7. The van der Waals surface area contributed by atoms with Gasteiger partial charge in [0, 0.05) is 0 Å². The molecule has 6 aromatic rings. The van der Waals surface area contributed by atoms with Crippen LogP contribution in [0.5, 0.6) is 0 Å². The summed E-state index contributed by atoms with van der Waals surface area (Å²) in [7, 11) is 0. The molecule has 1 aliphatic rings. The van der Waals surface area contributed by atoms with Gasteiger partial charge in [0.05, 0.1) is 0 Å². The fourth-order valence-electron chi connectivity index (χ4n) is 6.91. The van der Waals surface area contributed by atoms with Crippen LogP contribution in [-0.4, -0.2) is 0 Å². The first kappa shape index (κ1) is 23.9. The molecule has 0 bridgehead atoms. The highest BCUT2D eigenvalue weighted by Gasteiger charge is 2.26. The molecule has 0 saturated heterocycles. The molecule has 0 heteroatoms. The first-order chi connectivity index (χ1) is 19.1. The molecular weight excluding hydrogens is 468 g/mol. The van der Waals surface area contributed by atoms with E-state index >= 15 is 0 Å². The number of hydrogen-bond acceptors (Lipinski definition) is 0. The summed E-state index contributed by atoms with van der Waals surface area (Å²) in [4.78, 5) is 0. The molecule has 7 rings (SSSR count). The topological polar surface area (TPSA) is 0 Å². The van der Waals surface area contributed by atoms with Crippen molar-refractivity contribution in [3.8, 4) is 33.4 Å². The highest BCUT2D eigenvalue weighted by Crippen LogP contribution is 2.47. The number of benzene rings is 6. The molecule has 190 valence electrons. The van der Waals surface area contributed by atoms with E-state index in [1.807, 2.05) is 0 Å². The first-order valence-electron chi connectivity index (χ1n) is 14.4. The van der Waals surface area contributed by atoms with Crippen molar-refractivity contribution in [3.05, 3.63) is 131 Å². The van der Waals surface area contributed by atoms with Gasteiger partial charge in [-0.15, -0.1) is 0 Å². The minimum atomic E-state index is 1.01. The molecule has 6 aromatic carbocycles. The van der Waals surface area contributed by atoms with Crippen molar-refractivity contribution in [1.29, 1.82) is 0 Å². The molecule has 0 saturated carbocycles. The smallest absolute Gasteiger partial charge is 0.00103 e. The summed E-state index contributed by atoms with van der Waals surface area (Å²) in [5, 5.41) is 5.30. The van der Waals surface area contributed by atoms with Crippen LogP contribution in [0.15, 0.2) is 103 Å². The molecule has 1 aliphatic carbocycles. The molecule has 0 N–H and O–H groups in total. The van der Waals surface area contributed by atoms with Gasteiger partial charge < -0.3 is 0 Å². The average Bonchev–Trinajstić information content (AvgIpc) is 3.31. The van der Waals surface area contributed by atoms with E-state index in [4.69, 9.17) is 0 Å². The number of fused-ring (bicyclic) bond motifs is 5. The van der Waals surface area contributed by atoms with Crippen LogP contribution in [0.2, 0.25) is 0 Å². The Balaban J connectivity index is 1.42. The lowest BCUT2D eigenvalue weighted by Gasteiger charge is -2.20. The zero-order valence-electron chi connectivity index (χ0n) is 23.1. The Kier molecular flexibility index (Phi) is 5.85. The Labute approximate surface area is 232 Å². The van der Waals surface area contributed by atoms with Crippen molar-refractivity contribution in [2.24, 2.45) is 0 Å². The first-order valence-corrected chi connectivity index (χ1v) is 14.4. The second-order valence-corrected chi connectivity index (χ2v) is 11.2. The van der Waals surface area contributed by atoms with E-state index in [-0.39, 0.29) is 0 Å². The van der Waals surface area contributed by atoms with E-state index < -0.39 is 0 Å². The lowest BCUT2D eigenvalue weighted by molar-refractivity contribution is 0.790. The molecule has 0 spiro atoms. The Morgan fingerprint density at radius 2 is 1.18 bits per heavy atom. The average molecular weight is 503 g/mol. The Hall–Kier alpha value is -4.16. The SMILES string of the molecule is CCCCc1c2c(cc(C)c1-c1cccc3ccccc13)-c1cc(C)c(-c3cccc4ccccc34)cc1C2. The van der Waals surface area contributed by atoms with Crippen molar-refractivity contribution in [2.45, 2.75) is 46.5 Å². The third-order valence-electron chi connectivity index (χ3n) is 8.77. The van der Waals surface area contributed by atoms with Crippen LogP contribution in [0, 0.1) is 13.8 Å². The summed E-state index contributed by atoms with van der Waals surface area (Å²) in [6, 6.07) is 38.5. The van der Waals surface area contributed by atoms with Crippen LogP contribution in [0.25, 0.3) is 54.9 Å². The molecule has 39 heavy (non-hydrogen) atoms. The van der Waals surface area contributed by atoms with E-state index in [1.54, 1.807) is 11.1 Å². The third-order valence-corrected chi connectivity index (χ3v) is 8.77. The Bertz CT molecular complexity index is 1870. The molecule has 0 nitrogen and oxygen atoms in total. The van der Waals surface area contributed by atoms with Crippen LogP contribution < -0.4 is 0 Å². The summed E-state index contributed by atoms with van der Waals surface area (Å²) in [5.74, 6) is 0. The van der Waals surface area contributed by atoms with E-state index in [1.165, 1.54) is 84.5 Å². The van der Waals surface area contributed by atoms with Gasteiger partial charge in [0.25, 0.3) is 0 Å². The van der Waals surface area contributed by atoms with Crippen LogP contribution in [0.1, 0.15) is 47.6 Å². The van der Waals surface area contributed by atoms with Crippen LogP contribution in [0.4, 0.5) is 0 Å². The molecular formula is C39H34. The summed E-state index contributed by atoms with van der Waals surface area (Å²) < 4.78 is 0. The highest BCUT2D eigenvalue weighted by atomic mass is 14.3. The summed E-state index contributed by atoms with van der Waals surface area (Å²) in [6.45, 7) is 6.91. The summed E-state index contributed by atoms with van der Waals surface area (Å²) in [6.07, 6.45) is 4.56. The van der Waals surface area contributed by atoms with Crippen LogP contribution >= 0.6 is 0 Å². The second kappa shape index (κ2) is 9.54. The molecule has 0 unspecified atom stereocenters. The fourth-order valence-corrected chi connectivity index (χ4v) is 6.91. The van der Waals surface area contributed by atoms with Crippen molar-refractivity contribution in [1.82, 2.24) is 0 Å². The van der Waals surface area contributed by atoms with Gasteiger partial charge in [-0.05, 0) is 122 Å². The molecule has 0 amide bonds. The molecule has 0 radical (unpaired) electrons. The van der Waals surface area contributed by atoms with Gasteiger partial charge in [-0.25, -0.2) is 0 Å². The molecule has 0 aliphatic heterocycles. The van der Waals surface area contributed by atoms with Crippen molar-refractivity contribution >= 4 is 21.5 Å². The van der Waals surface area contributed by atoms with Crippen LogP contribution in [-0.2, 0) is 12.8 Å². The quantitative estimate of drug-likeness (QED) is 0.219. The van der Waals surface area contributed by atoms with Gasteiger partial charge in [-0.2, -0.15) is 0 Å². The maximum Gasteiger partial charge on any atom is -0.00103 e. The Morgan fingerprint density at radius 3 is 1.90 bits per heavy atom. The van der Waals surface area contributed by atoms with E-state index in [0.29, 0.717) is 0 Å². The van der Waals surface area contributed by atoms with Gasteiger partial charge in [0.2, 0.25) is 0 Å². The lowest BCUT2D eigenvalue weighted by atomic mass is 9.84. The maximum atomic E-state index is 2.49. The Morgan fingerprint density at radius 1 is 0.564 bits per heavy atom. The van der Waals surface area contributed by atoms with E-state index in [2.05, 4.69) is 124 Å². The summed E-state index contributed by atoms with van der Waals surface area (Å²) >= 11 is 0. The largest absolute Gasteiger partial charge is 0.0654 e. The number of aryl methyl sites for hydroxylation is 2. The number of unbranched alkanes of at least 4 members (excludes halogenated alkanes) is 1. The highest BCUT2D eigenvalue weighted by molar-refractivity contribution is 6.01. The molecule has 0 atom stereocenters. The third kappa shape index (κ3) is 3.90. The zero-order chi connectivity index (χ0) is 26.5. The van der Waals surface area contributed by atoms with E-state index in [0.717, 1.165) is 12.8 Å². The normalized spacial score (nSPS) is 12.2. The monoisotopic (exact) mass is 502 g/mol. The van der Waals surface area contributed by atoms with Crippen molar-refractivity contribution < 1.29 is 0 Å². The maximum absolute atomic E-state index is 2.49. The fraction of sp³-hybridized carbons (Fsp3) is 0.179. The van der Waals surface area contributed by atoms with E-state index in [9.17, 15) is 0 Å². The minimum absolute atomic E-state index is 1.01. The number of hydrogen-bond donors (Lipinski definition) is 0. The molecule has 0 fully saturated rings. The predicted molar refractivity (Wildman–Crippen MR) is 169 cm³/mol. The number of rotatable bonds is 5. The minimum Gasteiger partial charge on any atom is -0.0654 e. The standard InChI is InChI=1S/C39H34/c1-4-5-16-34-38-24-29-23-35(32-19-10-14-27-12-6-8-17-30(27)32)25(2)21-36(29)37(38)22-26(3)39(34)33-20-11-15-28-13-7-9-18-31(28)33/h6-15,17-23H,4-5,16,24H2,1-3H3. The lowest BCUT2D eigenvalue weighted by Crippen LogP contribution is -2.00. The molecule has 0 aromatic heterocycles. The molecule has 0 heterocycles. The van der Waals surface area contributed by atoms with Gasteiger partial charge in [-0.1, -0.05) is 110 Å². The van der Waals surface area contributed by atoms with Crippen molar-refractivity contribution in [2.75, 3.05) is 0 Å².